The van der Waals surface area contributed by atoms with E-state index in [1.807, 2.05) is 0 Å². The van der Waals surface area contributed by atoms with E-state index in [4.69, 9.17) is 19.2 Å². The minimum Gasteiger partial charge on any atom is -0.493 e. The summed E-state index contributed by atoms with van der Waals surface area (Å²) in [5.41, 5.74) is 3.66. The molecule has 0 spiro atoms. The van der Waals surface area contributed by atoms with Gasteiger partial charge in [-0.2, -0.15) is 0 Å². The van der Waals surface area contributed by atoms with Crippen LogP contribution in [0.5, 0.6) is 17.2 Å². The Morgan fingerprint density at radius 1 is 0.917 bits per heavy atom. The van der Waals surface area contributed by atoms with E-state index in [2.05, 4.69) is 48.3 Å². The molecule has 1 aliphatic rings. The van der Waals surface area contributed by atoms with E-state index in [-0.39, 0.29) is 12.5 Å². The molecule has 1 aliphatic heterocycles. The average Bonchev–Trinajstić information content (AvgIpc) is 2.91. The smallest absolute Gasteiger partial charge is 0.251 e. The van der Waals surface area contributed by atoms with Crippen LogP contribution >= 0.6 is 0 Å². The molecule has 1 fully saturated rings. The van der Waals surface area contributed by atoms with Crippen LogP contribution in [0, 0.1) is 13.8 Å². The molecule has 36 heavy (non-hydrogen) atoms. The van der Waals surface area contributed by atoms with Crippen molar-refractivity contribution in [1.29, 1.82) is 0 Å². The van der Waals surface area contributed by atoms with Gasteiger partial charge in [-0.1, -0.05) is 18.2 Å². The average molecular weight is 493 g/mol. The van der Waals surface area contributed by atoms with Crippen LogP contribution < -0.4 is 24.4 Å². The highest BCUT2D eigenvalue weighted by molar-refractivity contribution is 5.97. The van der Waals surface area contributed by atoms with E-state index >= 15 is 0 Å². The fourth-order valence-corrected chi connectivity index (χ4v) is 4.47. The summed E-state index contributed by atoms with van der Waals surface area (Å²) in [4.78, 5) is 34.4. The molecule has 4 rings (SSSR count). The first kappa shape index (κ1) is 25.1. The van der Waals surface area contributed by atoms with E-state index in [1.165, 1.54) is 26.9 Å². The largest absolute Gasteiger partial charge is 0.493 e. The monoisotopic (exact) mass is 492 g/mol. The van der Waals surface area contributed by atoms with Crippen LogP contribution in [-0.2, 0) is 4.79 Å². The Hall–Kier alpha value is -4.01. The molecule has 0 bridgehead atoms. The highest BCUT2D eigenvalue weighted by atomic mass is 16.5. The van der Waals surface area contributed by atoms with Crippen molar-refractivity contribution in [3.05, 3.63) is 53.1 Å². The number of para-hydroxylation sites is 1. The fraction of sp³-hybridized carbons (Fsp3) is 0.370. The second-order valence-corrected chi connectivity index (χ2v) is 8.73. The number of pyridine rings is 1. The molecule has 0 radical (unpaired) electrons. The number of aromatic nitrogens is 1. The number of nitrogens with one attached hydrogen (secondary N) is 1. The quantitative estimate of drug-likeness (QED) is 0.542. The molecule has 2 amide bonds. The number of fused-ring (bicyclic) bond motifs is 1. The molecule has 190 valence electrons. The summed E-state index contributed by atoms with van der Waals surface area (Å²) >= 11 is 0. The Bertz CT molecular complexity index is 1260. The normalized spacial score (nSPS) is 13.5. The molecule has 9 heteroatoms. The van der Waals surface area contributed by atoms with Gasteiger partial charge in [-0.15, -0.1) is 0 Å². The van der Waals surface area contributed by atoms with E-state index in [9.17, 15) is 9.59 Å². The molecule has 1 aromatic heterocycles. The number of anilines is 1. The van der Waals surface area contributed by atoms with Gasteiger partial charge in [0, 0.05) is 37.1 Å². The molecule has 0 saturated carbocycles. The van der Waals surface area contributed by atoms with Crippen molar-refractivity contribution in [3.8, 4) is 17.2 Å². The topological polar surface area (TPSA) is 93.2 Å². The summed E-state index contributed by atoms with van der Waals surface area (Å²) in [5, 5.41) is 3.87. The summed E-state index contributed by atoms with van der Waals surface area (Å²) in [6.45, 7) is 6.55. The van der Waals surface area contributed by atoms with Crippen LogP contribution in [0.4, 0.5) is 5.82 Å². The van der Waals surface area contributed by atoms with Crippen molar-refractivity contribution in [2.45, 2.75) is 13.8 Å². The summed E-state index contributed by atoms with van der Waals surface area (Å²) in [6.07, 6.45) is 0. The minimum absolute atomic E-state index is 0.0952. The van der Waals surface area contributed by atoms with Crippen molar-refractivity contribution >= 4 is 28.5 Å². The van der Waals surface area contributed by atoms with Gasteiger partial charge in [-0.25, -0.2) is 4.98 Å². The Morgan fingerprint density at radius 2 is 1.58 bits per heavy atom. The summed E-state index contributed by atoms with van der Waals surface area (Å²) in [6, 6.07) is 11.4. The van der Waals surface area contributed by atoms with Gasteiger partial charge in [-0.05, 0) is 43.2 Å². The van der Waals surface area contributed by atoms with Crippen LogP contribution in [0.3, 0.4) is 0 Å². The Balaban J connectivity index is 1.36. The molecular formula is C27H32N4O5. The van der Waals surface area contributed by atoms with E-state index in [0.29, 0.717) is 49.0 Å². The zero-order chi connectivity index (χ0) is 25.8. The second-order valence-electron chi connectivity index (χ2n) is 8.73. The van der Waals surface area contributed by atoms with Crippen molar-refractivity contribution in [3.63, 3.8) is 0 Å². The number of piperazine rings is 1. The predicted molar refractivity (Wildman–Crippen MR) is 138 cm³/mol. The number of carbonyl (C=O) groups is 2. The van der Waals surface area contributed by atoms with Gasteiger partial charge >= 0.3 is 0 Å². The number of amides is 2. The number of hydrogen-bond donors (Lipinski definition) is 1. The highest BCUT2D eigenvalue weighted by Crippen LogP contribution is 2.38. The van der Waals surface area contributed by atoms with Gasteiger partial charge in [0.2, 0.25) is 11.7 Å². The Morgan fingerprint density at radius 3 is 2.19 bits per heavy atom. The number of benzene rings is 2. The summed E-state index contributed by atoms with van der Waals surface area (Å²) in [7, 11) is 4.47. The van der Waals surface area contributed by atoms with Gasteiger partial charge in [0.25, 0.3) is 5.91 Å². The van der Waals surface area contributed by atoms with Gasteiger partial charge in [0.15, 0.2) is 11.5 Å². The minimum atomic E-state index is -0.396. The van der Waals surface area contributed by atoms with Crippen LogP contribution in [-0.4, -0.2) is 75.8 Å². The van der Waals surface area contributed by atoms with Gasteiger partial charge in [0.05, 0.1) is 33.4 Å². The number of aryl methyl sites for hydroxylation is 2. The molecular weight excluding hydrogens is 460 g/mol. The molecule has 1 N–H and O–H groups in total. The van der Waals surface area contributed by atoms with E-state index < -0.39 is 5.91 Å². The van der Waals surface area contributed by atoms with Crippen LogP contribution in [0.2, 0.25) is 0 Å². The van der Waals surface area contributed by atoms with E-state index in [1.54, 1.807) is 17.0 Å². The Labute approximate surface area is 210 Å². The number of rotatable bonds is 7. The van der Waals surface area contributed by atoms with Gasteiger partial charge in [0.1, 0.15) is 5.82 Å². The van der Waals surface area contributed by atoms with Crippen molar-refractivity contribution in [1.82, 2.24) is 15.2 Å². The summed E-state index contributed by atoms with van der Waals surface area (Å²) < 4.78 is 15.9. The molecule has 2 heterocycles. The zero-order valence-corrected chi connectivity index (χ0v) is 21.4. The number of ether oxygens (including phenoxy) is 3. The molecule has 1 saturated heterocycles. The van der Waals surface area contributed by atoms with Gasteiger partial charge < -0.3 is 29.3 Å². The fourth-order valence-electron chi connectivity index (χ4n) is 4.47. The van der Waals surface area contributed by atoms with E-state index in [0.717, 1.165) is 22.3 Å². The molecule has 3 aromatic rings. The lowest BCUT2D eigenvalue weighted by Crippen LogP contribution is -2.51. The maximum absolute atomic E-state index is 12.8. The molecule has 0 atom stereocenters. The standard InChI is InChI=1S/C27H32N4O5/c1-17-7-6-8-20-18(2)13-23(29-25(17)20)30-9-11-31(12-10-30)24(32)16-28-27(33)19-14-21(34-3)26(36-5)22(15-19)35-4/h6-8,13-15H,9-12,16H2,1-5H3,(H,28,33). The maximum Gasteiger partial charge on any atom is 0.251 e. The first-order valence-corrected chi connectivity index (χ1v) is 11.8. The van der Waals surface area contributed by atoms with Crippen LogP contribution in [0.25, 0.3) is 10.9 Å². The van der Waals surface area contributed by atoms with Crippen LogP contribution in [0.15, 0.2) is 36.4 Å². The lowest BCUT2D eigenvalue weighted by molar-refractivity contribution is -0.130. The third kappa shape index (κ3) is 5.00. The molecule has 9 nitrogen and oxygen atoms in total. The molecule has 0 aliphatic carbocycles. The third-order valence-electron chi connectivity index (χ3n) is 6.52. The zero-order valence-electron chi connectivity index (χ0n) is 21.4. The van der Waals surface area contributed by atoms with Crippen molar-refractivity contribution in [2.24, 2.45) is 0 Å². The van der Waals surface area contributed by atoms with Crippen molar-refractivity contribution < 1.29 is 23.8 Å². The molecule has 2 aromatic carbocycles. The van der Waals surface area contributed by atoms with Crippen LogP contribution in [0.1, 0.15) is 21.5 Å². The lowest BCUT2D eigenvalue weighted by Gasteiger charge is -2.35. The first-order chi connectivity index (χ1) is 17.4. The Kier molecular flexibility index (Phi) is 7.47. The second kappa shape index (κ2) is 10.7. The lowest BCUT2D eigenvalue weighted by atomic mass is 10.1. The van der Waals surface area contributed by atoms with Crippen molar-refractivity contribution in [2.75, 3.05) is 59.0 Å². The number of methoxy groups -OCH3 is 3. The number of hydrogen-bond acceptors (Lipinski definition) is 7. The molecule has 0 unspecified atom stereocenters. The maximum atomic E-state index is 12.8. The highest BCUT2D eigenvalue weighted by Gasteiger charge is 2.24. The third-order valence-corrected chi connectivity index (χ3v) is 6.52. The first-order valence-electron chi connectivity index (χ1n) is 11.8. The SMILES string of the molecule is COc1cc(C(=O)NCC(=O)N2CCN(c3cc(C)c4cccc(C)c4n3)CC2)cc(OC)c1OC. The van der Waals surface area contributed by atoms with Gasteiger partial charge in [-0.3, -0.25) is 9.59 Å². The number of nitrogens with zero attached hydrogens (tertiary/aromatic N) is 3. The number of carbonyl (C=O) groups excluding carboxylic acids is 2. The predicted octanol–water partition coefficient (Wildman–Crippen LogP) is 2.96. The summed E-state index contributed by atoms with van der Waals surface area (Å²) in [5.74, 6) is 1.55.